The smallest absolute Gasteiger partial charge is 0.416 e. The molecule has 0 spiro atoms. The lowest BCUT2D eigenvalue weighted by Gasteiger charge is -2.05. The van der Waals surface area contributed by atoms with Crippen LogP contribution in [0.3, 0.4) is 0 Å². The standard InChI is InChI=1S/C14H9ClFNO2S/c15-10-3-1-9(2-4-10)8-20(18)14-17-12-6-5-11(16)7-13(12)19-14/h1-7H,8H2. The van der Waals surface area contributed by atoms with Crippen LogP contribution in [0, 0.1) is 5.82 Å². The van der Waals surface area contributed by atoms with Crippen molar-refractivity contribution in [3.8, 4) is 0 Å². The molecule has 20 heavy (non-hydrogen) atoms. The molecule has 1 aromatic heterocycles. The maximum absolute atomic E-state index is 13.1. The zero-order valence-electron chi connectivity index (χ0n) is 10.2. The van der Waals surface area contributed by atoms with Crippen LogP contribution in [0.4, 0.5) is 4.39 Å². The fourth-order valence-corrected chi connectivity index (χ4v) is 2.90. The van der Waals surface area contributed by atoms with Gasteiger partial charge in [0, 0.05) is 16.7 Å². The Balaban J connectivity index is 1.84. The Kier molecular flexibility index (Phi) is 3.65. The van der Waals surface area contributed by atoms with E-state index < -0.39 is 17.0 Å². The van der Waals surface area contributed by atoms with E-state index >= 15 is 0 Å². The van der Waals surface area contributed by atoms with Gasteiger partial charge in [0.05, 0.1) is 11.2 Å². The van der Waals surface area contributed by atoms with Crippen LogP contribution >= 0.6 is 11.6 Å². The van der Waals surface area contributed by atoms with Crippen LogP contribution in [0.25, 0.3) is 11.1 Å². The molecule has 0 saturated heterocycles. The van der Waals surface area contributed by atoms with Gasteiger partial charge in [0.1, 0.15) is 17.1 Å². The molecule has 0 aliphatic rings. The molecule has 1 heterocycles. The van der Waals surface area contributed by atoms with Crippen LogP contribution in [0.1, 0.15) is 5.56 Å². The van der Waals surface area contributed by atoms with Crippen molar-refractivity contribution in [1.82, 2.24) is 4.98 Å². The lowest BCUT2D eigenvalue weighted by atomic mass is 10.2. The molecule has 0 aliphatic heterocycles. The van der Waals surface area contributed by atoms with Gasteiger partial charge >= 0.3 is 5.22 Å². The summed E-state index contributed by atoms with van der Waals surface area (Å²) >= 11 is 4.37. The molecule has 2 aromatic carbocycles. The highest BCUT2D eigenvalue weighted by molar-refractivity contribution is 7.90. The fraction of sp³-hybridized carbons (Fsp3) is 0.0714. The van der Waals surface area contributed by atoms with Gasteiger partial charge in [-0.25, -0.2) is 4.39 Å². The van der Waals surface area contributed by atoms with Crippen molar-refractivity contribution in [2.24, 2.45) is 0 Å². The van der Waals surface area contributed by atoms with Crippen molar-refractivity contribution in [2.75, 3.05) is 0 Å². The second-order valence-electron chi connectivity index (χ2n) is 4.21. The number of hydrogen-bond acceptors (Lipinski definition) is 3. The highest BCUT2D eigenvalue weighted by Gasteiger charge is 2.20. The summed E-state index contributed by atoms with van der Waals surface area (Å²) in [6.07, 6.45) is 0. The van der Waals surface area contributed by atoms with Gasteiger partial charge in [0.2, 0.25) is 0 Å². The minimum absolute atomic E-state index is 0.0977. The second kappa shape index (κ2) is 5.44. The summed E-state index contributed by atoms with van der Waals surface area (Å²) in [5, 5.41) is 0.720. The first kappa shape index (κ1) is 13.4. The summed E-state index contributed by atoms with van der Waals surface area (Å²) in [5.74, 6) is -0.143. The van der Waals surface area contributed by atoms with Gasteiger partial charge in [-0.2, -0.15) is 4.98 Å². The summed E-state index contributed by atoms with van der Waals surface area (Å²) in [5.41, 5.74) is 1.65. The zero-order chi connectivity index (χ0) is 14.1. The van der Waals surface area contributed by atoms with Crippen LogP contribution in [0.2, 0.25) is 5.02 Å². The molecule has 1 atom stereocenters. The average molecular weight is 310 g/mol. The highest BCUT2D eigenvalue weighted by Crippen LogP contribution is 2.23. The highest BCUT2D eigenvalue weighted by atomic mass is 35.5. The van der Waals surface area contributed by atoms with E-state index in [2.05, 4.69) is 4.98 Å². The average Bonchev–Trinajstić information content (AvgIpc) is 2.84. The molecule has 3 nitrogen and oxygen atoms in total. The molecule has 1 unspecified atom stereocenters. The summed E-state index contributed by atoms with van der Waals surface area (Å²) in [6, 6.07) is 11.1. The number of benzene rings is 2. The molecule has 3 aromatic rings. The molecule has 0 radical (unpaired) electrons. The number of rotatable bonds is 3. The predicted molar refractivity (Wildman–Crippen MR) is 75.5 cm³/mol. The van der Waals surface area contributed by atoms with Gasteiger partial charge in [0.15, 0.2) is 5.58 Å². The van der Waals surface area contributed by atoms with Gasteiger partial charge < -0.3 is 8.97 Å². The normalized spacial score (nSPS) is 12.8. The predicted octanol–water partition coefficient (Wildman–Crippen LogP) is 3.93. The Labute approximate surface area is 122 Å². The molecule has 0 N–H and O–H groups in total. The summed E-state index contributed by atoms with van der Waals surface area (Å²) in [4.78, 5) is 4.11. The van der Waals surface area contributed by atoms with E-state index in [1.54, 1.807) is 24.3 Å². The molecule has 6 heteroatoms. The van der Waals surface area contributed by atoms with Crippen LogP contribution in [0.5, 0.6) is 0 Å². The zero-order valence-corrected chi connectivity index (χ0v) is 11.7. The Bertz CT molecular complexity index is 745. The van der Waals surface area contributed by atoms with Gasteiger partial charge in [-0.15, -0.1) is 0 Å². The maximum Gasteiger partial charge on any atom is 0.416 e. The molecule has 3 rings (SSSR count). The Morgan fingerprint density at radius 2 is 1.95 bits per heavy atom. The van der Waals surface area contributed by atoms with E-state index in [0.29, 0.717) is 16.1 Å². The Morgan fingerprint density at radius 3 is 2.70 bits per heavy atom. The summed E-state index contributed by atoms with van der Waals surface area (Å²) < 4.78 is 30.6. The van der Waals surface area contributed by atoms with Crippen molar-refractivity contribution < 1.29 is 13.4 Å². The van der Waals surface area contributed by atoms with Crippen LogP contribution in [-0.2, 0) is 16.9 Å². The second-order valence-corrected chi connectivity index (χ2v) is 5.97. The summed E-state index contributed by atoms with van der Waals surface area (Å²) in [6.45, 7) is 0. The molecule has 0 fully saturated rings. The lowest BCUT2D eigenvalue weighted by Crippen LogP contribution is -2.05. The lowest BCUT2D eigenvalue weighted by molar-refractivity contribution is 0.456. The van der Waals surface area contributed by atoms with Crippen LogP contribution < -0.4 is 0 Å². The van der Waals surface area contributed by atoms with Crippen molar-refractivity contribution in [3.05, 3.63) is 58.9 Å². The molecule has 0 amide bonds. The SMILES string of the molecule is [O-][S+](Cc1ccc(Cl)cc1)c1nc2ccc(F)cc2o1. The van der Waals surface area contributed by atoms with Gasteiger partial charge in [-0.3, -0.25) is 0 Å². The molecular formula is C14H9ClFNO2S. The number of oxazole rings is 1. The number of halogens is 2. The van der Waals surface area contributed by atoms with Crippen LogP contribution in [-0.4, -0.2) is 9.54 Å². The molecule has 0 aliphatic carbocycles. The molecule has 0 saturated carbocycles. The molecular weight excluding hydrogens is 301 g/mol. The monoisotopic (exact) mass is 309 g/mol. The van der Waals surface area contributed by atoms with Crippen molar-refractivity contribution in [2.45, 2.75) is 11.0 Å². The third-order valence-electron chi connectivity index (χ3n) is 2.74. The van der Waals surface area contributed by atoms with E-state index in [9.17, 15) is 8.94 Å². The maximum atomic E-state index is 13.1. The number of nitrogens with zero attached hydrogens (tertiary/aromatic N) is 1. The van der Waals surface area contributed by atoms with E-state index in [-0.39, 0.29) is 11.0 Å². The number of hydrogen-bond donors (Lipinski definition) is 0. The fourth-order valence-electron chi connectivity index (χ4n) is 1.77. The quantitative estimate of drug-likeness (QED) is 0.689. The van der Waals surface area contributed by atoms with Crippen molar-refractivity contribution in [3.63, 3.8) is 0 Å². The first-order chi connectivity index (χ1) is 9.61. The van der Waals surface area contributed by atoms with Gasteiger partial charge in [0.25, 0.3) is 0 Å². The Hall–Kier alpha value is -1.56. The third kappa shape index (κ3) is 2.80. The molecule has 102 valence electrons. The first-order valence-electron chi connectivity index (χ1n) is 5.81. The van der Waals surface area contributed by atoms with E-state index in [1.165, 1.54) is 18.2 Å². The Morgan fingerprint density at radius 1 is 1.20 bits per heavy atom. The molecule has 0 bridgehead atoms. The first-order valence-corrected chi connectivity index (χ1v) is 7.50. The minimum atomic E-state index is -1.42. The summed E-state index contributed by atoms with van der Waals surface area (Å²) in [7, 11) is 0. The van der Waals surface area contributed by atoms with Gasteiger partial charge in [-0.1, -0.05) is 23.7 Å². The van der Waals surface area contributed by atoms with E-state index in [0.717, 1.165) is 5.56 Å². The van der Waals surface area contributed by atoms with Crippen LogP contribution in [0.15, 0.2) is 52.1 Å². The number of fused-ring (bicyclic) bond motifs is 1. The largest absolute Gasteiger partial charge is 0.607 e. The van der Waals surface area contributed by atoms with Crippen molar-refractivity contribution in [1.29, 1.82) is 0 Å². The van der Waals surface area contributed by atoms with Gasteiger partial charge in [-0.05, 0) is 24.3 Å². The topological polar surface area (TPSA) is 49.1 Å². The van der Waals surface area contributed by atoms with E-state index in [4.69, 9.17) is 16.0 Å². The van der Waals surface area contributed by atoms with E-state index in [1.807, 2.05) is 0 Å². The third-order valence-corrected chi connectivity index (χ3v) is 4.15. The minimum Gasteiger partial charge on any atom is -0.607 e. The number of aromatic nitrogens is 1. The van der Waals surface area contributed by atoms with Crippen molar-refractivity contribution >= 4 is 33.9 Å².